The molecular weight excluding hydrogens is 297 g/mol. The molecule has 0 saturated heterocycles. The standard InChI is InChI=1S/C13H6Cl2F2O2/c14-6-1-2-11(16)8(3-6)7-5-12(17)9(13(18)19)4-10(7)15/h1-5H,(H,18,19). The number of benzene rings is 2. The van der Waals surface area contributed by atoms with Crippen LogP contribution >= 0.6 is 23.2 Å². The van der Waals surface area contributed by atoms with Gasteiger partial charge in [0.15, 0.2) is 0 Å². The van der Waals surface area contributed by atoms with Gasteiger partial charge in [0.05, 0.1) is 5.56 Å². The molecular formula is C13H6Cl2F2O2. The summed E-state index contributed by atoms with van der Waals surface area (Å²) < 4.78 is 27.3. The molecule has 0 bridgehead atoms. The van der Waals surface area contributed by atoms with Crippen LogP contribution in [0.2, 0.25) is 10.0 Å². The van der Waals surface area contributed by atoms with E-state index in [0.717, 1.165) is 18.2 Å². The maximum atomic E-state index is 13.7. The van der Waals surface area contributed by atoms with Crippen molar-refractivity contribution in [2.45, 2.75) is 0 Å². The zero-order valence-corrected chi connectivity index (χ0v) is 10.8. The monoisotopic (exact) mass is 302 g/mol. The lowest BCUT2D eigenvalue weighted by molar-refractivity contribution is 0.0692. The van der Waals surface area contributed by atoms with Crippen LogP contribution in [-0.4, -0.2) is 11.1 Å². The molecule has 98 valence electrons. The molecule has 2 nitrogen and oxygen atoms in total. The minimum Gasteiger partial charge on any atom is -0.478 e. The summed E-state index contributed by atoms with van der Waals surface area (Å²) in [7, 11) is 0. The van der Waals surface area contributed by atoms with E-state index in [1.54, 1.807) is 0 Å². The molecule has 0 unspecified atom stereocenters. The molecule has 0 saturated carbocycles. The first-order valence-electron chi connectivity index (χ1n) is 5.08. The van der Waals surface area contributed by atoms with E-state index in [4.69, 9.17) is 28.3 Å². The molecule has 2 aromatic rings. The average Bonchev–Trinajstić information content (AvgIpc) is 2.34. The highest BCUT2D eigenvalue weighted by Crippen LogP contribution is 2.33. The van der Waals surface area contributed by atoms with Gasteiger partial charge < -0.3 is 5.11 Å². The van der Waals surface area contributed by atoms with Gasteiger partial charge in [0.1, 0.15) is 11.6 Å². The topological polar surface area (TPSA) is 37.3 Å². The molecule has 0 aromatic heterocycles. The van der Waals surface area contributed by atoms with Crippen LogP contribution in [0.4, 0.5) is 8.78 Å². The molecule has 0 amide bonds. The predicted molar refractivity (Wildman–Crippen MR) is 68.8 cm³/mol. The van der Waals surface area contributed by atoms with Gasteiger partial charge in [-0.3, -0.25) is 0 Å². The van der Waals surface area contributed by atoms with Crippen molar-refractivity contribution in [3.05, 3.63) is 57.6 Å². The van der Waals surface area contributed by atoms with Crippen LogP contribution in [0, 0.1) is 11.6 Å². The summed E-state index contributed by atoms with van der Waals surface area (Å²) in [5.41, 5.74) is -0.520. The van der Waals surface area contributed by atoms with Crippen LogP contribution in [-0.2, 0) is 0 Å². The number of hydrogen-bond acceptors (Lipinski definition) is 1. The number of rotatable bonds is 2. The van der Waals surface area contributed by atoms with Crippen molar-refractivity contribution < 1.29 is 18.7 Å². The van der Waals surface area contributed by atoms with Gasteiger partial charge in [0.2, 0.25) is 0 Å². The fraction of sp³-hybridized carbons (Fsp3) is 0. The molecule has 19 heavy (non-hydrogen) atoms. The Bertz CT molecular complexity index is 672. The number of carboxylic acid groups (broad SMARTS) is 1. The fourth-order valence-corrected chi connectivity index (χ4v) is 2.06. The lowest BCUT2D eigenvalue weighted by Gasteiger charge is -2.08. The van der Waals surface area contributed by atoms with Crippen LogP contribution in [0.1, 0.15) is 10.4 Å². The molecule has 0 aliphatic heterocycles. The lowest BCUT2D eigenvalue weighted by Crippen LogP contribution is -2.01. The van der Waals surface area contributed by atoms with Crippen LogP contribution in [0.25, 0.3) is 11.1 Å². The number of hydrogen-bond donors (Lipinski definition) is 1. The second-order valence-corrected chi connectivity index (χ2v) is 4.58. The quantitative estimate of drug-likeness (QED) is 0.877. The Hall–Kier alpha value is -1.65. The van der Waals surface area contributed by atoms with Gasteiger partial charge >= 0.3 is 5.97 Å². The van der Waals surface area contributed by atoms with Crippen molar-refractivity contribution in [3.8, 4) is 11.1 Å². The molecule has 0 radical (unpaired) electrons. The summed E-state index contributed by atoms with van der Waals surface area (Å²) in [6.07, 6.45) is 0. The van der Waals surface area contributed by atoms with Crippen molar-refractivity contribution in [1.29, 1.82) is 0 Å². The van der Waals surface area contributed by atoms with Crippen molar-refractivity contribution in [3.63, 3.8) is 0 Å². The van der Waals surface area contributed by atoms with E-state index in [1.807, 2.05) is 0 Å². The van der Waals surface area contributed by atoms with Crippen LogP contribution in [0.5, 0.6) is 0 Å². The molecule has 0 aliphatic carbocycles. The third kappa shape index (κ3) is 2.69. The normalized spacial score (nSPS) is 10.5. The second kappa shape index (κ2) is 5.15. The Morgan fingerprint density at radius 3 is 2.32 bits per heavy atom. The van der Waals surface area contributed by atoms with E-state index in [1.165, 1.54) is 12.1 Å². The van der Waals surface area contributed by atoms with Gasteiger partial charge in [-0.2, -0.15) is 0 Å². The van der Waals surface area contributed by atoms with Crippen LogP contribution in [0.15, 0.2) is 30.3 Å². The van der Waals surface area contributed by atoms with E-state index in [-0.39, 0.29) is 21.2 Å². The molecule has 0 atom stereocenters. The molecule has 1 N–H and O–H groups in total. The van der Waals surface area contributed by atoms with Gasteiger partial charge in [-0.15, -0.1) is 0 Å². The zero-order valence-electron chi connectivity index (χ0n) is 9.25. The van der Waals surface area contributed by atoms with Crippen molar-refractivity contribution >= 4 is 29.2 Å². The van der Waals surface area contributed by atoms with Crippen molar-refractivity contribution in [2.24, 2.45) is 0 Å². The largest absolute Gasteiger partial charge is 0.478 e. The molecule has 2 aromatic carbocycles. The van der Waals surface area contributed by atoms with Crippen molar-refractivity contribution in [2.75, 3.05) is 0 Å². The second-order valence-electron chi connectivity index (χ2n) is 3.74. The fourth-order valence-electron chi connectivity index (χ4n) is 1.62. The van der Waals surface area contributed by atoms with Gasteiger partial charge in [-0.05, 0) is 30.3 Å². The number of aromatic carboxylic acids is 1. The van der Waals surface area contributed by atoms with Gasteiger partial charge in [0, 0.05) is 21.2 Å². The predicted octanol–water partition coefficient (Wildman–Crippen LogP) is 4.64. The Kier molecular flexibility index (Phi) is 3.73. The van der Waals surface area contributed by atoms with E-state index in [0.29, 0.717) is 0 Å². The van der Waals surface area contributed by atoms with E-state index < -0.39 is 23.2 Å². The molecule has 0 aliphatic rings. The SMILES string of the molecule is O=C(O)c1cc(Cl)c(-c2cc(Cl)ccc2F)cc1F. The third-order valence-corrected chi connectivity index (χ3v) is 3.05. The molecule has 6 heteroatoms. The number of halogens is 4. The summed E-state index contributed by atoms with van der Waals surface area (Å²) in [6, 6.07) is 5.57. The Morgan fingerprint density at radius 1 is 1.00 bits per heavy atom. The zero-order chi connectivity index (χ0) is 14.2. The van der Waals surface area contributed by atoms with E-state index in [2.05, 4.69) is 0 Å². The number of carbonyl (C=O) groups is 1. The van der Waals surface area contributed by atoms with Crippen LogP contribution < -0.4 is 0 Å². The molecule has 0 fully saturated rings. The summed E-state index contributed by atoms with van der Waals surface area (Å²) in [5, 5.41) is 8.95. The van der Waals surface area contributed by atoms with Gasteiger partial charge in [-0.25, -0.2) is 13.6 Å². The third-order valence-electron chi connectivity index (χ3n) is 2.51. The first-order valence-corrected chi connectivity index (χ1v) is 5.83. The Labute approximate surface area is 117 Å². The molecule has 2 rings (SSSR count). The summed E-state index contributed by atoms with van der Waals surface area (Å²) in [4.78, 5) is 10.7. The van der Waals surface area contributed by atoms with E-state index >= 15 is 0 Å². The summed E-state index contributed by atoms with van der Waals surface area (Å²) >= 11 is 11.6. The Morgan fingerprint density at radius 2 is 1.68 bits per heavy atom. The first kappa shape index (κ1) is 13.8. The lowest BCUT2D eigenvalue weighted by atomic mass is 10.0. The summed E-state index contributed by atoms with van der Waals surface area (Å²) in [6.45, 7) is 0. The first-order chi connectivity index (χ1) is 8.90. The Balaban J connectivity index is 2.67. The van der Waals surface area contributed by atoms with Crippen LogP contribution in [0.3, 0.4) is 0 Å². The van der Waals surface area contributed by atoms with Gasteiger partial charge in [0.25, 0.3) is 0 Å². The molecule has 0 spiro atoms. The van der Waals surface area contributed by atoms with Gasteiger partial charge in [-0.1, -0.05) is 23.2 Å². The molecule has 0 heterocycles. The van der Waals surface area contributed by atoms with Crippen molar-refractivity contribution in [1.82, 2.24) is 0 Å². The minimum atomic E-state index is -1.45. The highest BCUT2D eigenvalue weighted by molar-refractivity contribution is 6.34. The highest BCUT2D eigenvalue weighted by Gasteiger charge is 2.17. The average molecular weight is 303 g/mol. The maximum absolute atomic E-state index is 13.7. The highest BCUT2D eigenvalue weighted by atomic mass is 35.5. The maximum Gasteiger partial charge on any atom is 0.338 e. The summed E-state index contributed by atoms with van der Waals surface area (Å²) in [5.74, 6) is -3.07. The minimum absolute atomic E-state index is 0.00772. The smallest absolute Gasteiger partial charge is 0.338 e. The number of carboxylic acids is 1. The van der Waals surface area contributed by atoms with E-state index in [9.17, 15) is 13.6 Å².